The van der Waals surface area contributed by atoms with Crippen molar-refractivity contribution in [3.05, 3.63) is 115 Å². The first-order valence-corrected chi connectivity index (χ1v) is 13.5. The average molecular weight is 609 g/mol. The van der Waals surface area contributed by atoms with E-state index < -0.39 is 5.41 Å². The van der Waals surface area contributed by atoms with Gasteiger partial charge in [0.25, 0.3) is 5.56 Å². The summed E-state index contributed by atoms with van der Waals surface area (Å²) >= 11 is 15.7. The SMILES string of the molecule is CC(C)(C)c1nc2ccc(Br)cc2c(=O)n1N=Cc1c(OCc2ccc(Cl)c(Cl)c2)ccc2ccccc12. The van der Waals surface area contributed by atoms with Crippen LogP contribution in [0.15, 0.2) is 87.2 Å². The summed E-state index contributed by atoms with van der Waals surface area (Å²) in [7, 11) is 0. The molecule has 4 aromatic carbocycles. The van der Waals surface area contributed by atoms with E-state index in [1.807, 2.05) is 75.4 Å². The highest BCUT2D eigenvalue weighted by molar-refractivity contribution is 9.10. The lowest BCUT2D eigenvalue weighted by molar-refractivity contribution is 0.306. The molecule has 192 valence electrons. The number of benzene rings is 4. The summed E-state index contributed by atoms with van der Waals surface area (Å²) in [6.45, 7) is 6.31. The Hall–Kier alpha value is -3.19. The van der Waals surface area contributed by atoms with Crippen LogP contribution in [-0.4, -0.2) is 15.9 Å². The number of aromatic nitrogens is 2. The number of fused-ring (bicyclic) bond motifs is 2. The van der Waals surface area contributed by atoms with Crippen LogP contribution in [0, 0.1) is 0 Å². The lowest BCUT2D eigenvalue weighted by Gasteiger charge is -2.21. The van der Waals surface area contributed by atoms with E-state index in [1.54, 1.807) is 24.4 Å². The summed E-state index contributed by atoms with van der Waals surface area (Å²) in [5.74, 6) is 1.19. The maximum absolute atomic E-state index is 13.6. The van der Waals surface area contributed by atoms with Crippen molar-refractivity contribution in [2.45, 2.75) is 32.8 Å². The van der Waals surface area contributed by atoms with E-state index in [-0.39, 0.29) is 12.2 Å². The lowest BCUT2D eigenvalue weighted by Crippen LogP contribution is -2.29. The van der Waals surface area contributed by atoms with E-state index >= 15 is 0 Å². The third-order valence-corrected chi connectivity index (χ3v) is 7.32. The molecule has 0 aliphatic heterocycles. The third-order valence-electron chi connectivity index (χ3n) is 6.09. The normalized spacial score (nSPS) is 12.1. The fourth-order valence-electron chi connectivity index (χ4n) is 4.18. The van der Waals surface area contributed by atoms with Crippen LogP contribution in [0.3, 0.4) is 0 Å². The topological polar surface area (TPSA) is 56.5 Å². The van der Waals surface area contributed by atoms with Gasteiger partial charge in [-0.1, -0.05) is 96.3 Å². The van der Waals surface area contributed by atoms with Gasteiger partial charge < -0.3 is 4.74 Å². The zero-order valence-corrected chi connectivity index (χ0v) is 24.1. The largest absolute Gasteiger partial charge is 0.488 e. The van der Waals surface area contributed by atoms with E-state index in [0.29, 0.717) is 32.5 Å². The molecule has 8 heteroatoms. The van der Waals surface area contributed by atoms with Crippen LogP contribution in [0.4, 0.5) is 0 Å². The molecule has 0 radical (unpaired) electrons. The number of nitrogens with zero attached hydrogens (tertiary/aromatic N) is 3. The van der Waals surface area contributed by atoms with E-state index in [1.165, 1.54) is 4.68 Å². The number of halogens is 3. The Morgan fingerprint density at radius 2 is 1.76 bits per heavy atom. The van der Waals surface area contributed by atoms with Gasteiger partial charge in [-0.2, -0.15) is 9.78 Å². The van der Waals surface area contributed by atoms with Gasteiger partial charge in [0.05, 0.1) is 27.2 Å². The van der Waals surface area contributed by atoms with Crippen LogP contribution in [0.25, 0.3) is 21.7 Å². The molecule has 0 spiro atoms. The monoisotopic (exact) mass is 607 g/mol. The third kappa shape index (κ3) is 5.35. The number of rotatable bonds is 5. The van der Waals surface area contributed by atoms with Gasteiger partial charge in [0, 0.05) is 15.5 Å². The minimum Gasteiger partial charge on any atom is -0.488 e. The molecule has 0 bridgehead atoms. The first kappa shape index (κ1) is 26.4. The average Bonchev–Trinajstić information content (AvgIpc) is 2.88. The van der Waals surface area contributed by atoms with Crippen LogP contribution in [-0.2, 0) is 12.0 Å². The molecule has 1 aromatic heterocycles. The van der Waals surface area contributed by atoms with Gasteiger partial charge in [-0.15, -0.1) is 0 Å². The van der Waals surface area contributed by atoms with Crippen molar-refractivity contribution in [2.75, 3.05) is 0 Å². The Labute approximate surface area is 238 Å². The van der Waals surface area contributed by atoms with Gasteiger partial charge in [-0.05, 0) is 52.7 Å². The second kappa shape index (κ2) is 10.5. The molecule has 0 unspecified atom stereocenters. The predicted molar refractivity (Wildman–Crippen MR) is 160 cm³/mol. The second-order valence-corrected chi connectivity index (χ2v) is 11.7. The standard InChI is InChI=1S/C30H24BrCl2N3O2/c1-30(2,3)29-35-26-12-10-20(31)15-22(26)28(37)36(29)34-16-23-21-7-5-4-6-19(21)9-13-27(23)38-17-18-8-11-24(32)25(33)14-18/h4-16H,17H2,1-3H3. The van der Waals surface area contributed by atoms with Crippen molar-refractivity contribution in [3.8, 4) is 5.75 Å². The Morgan fingerprint density at radius 3 is 2.53 bits per heavy atom. The van der Waals surface area contributed by atoms with Gasteiger partial charge in [0.15, 0.2) is 0 Å². The molecule has 0 aliphatic rings. The smallest absolute Gasteiger partial charge is 0.282 e. The summed E-state index contributed by atoms with van der Waals surface area (Å²) in [6.07, 6.45) is 1.68. The van der Waals surface area contributed by atoms with Crippen molar-refractivity contribution in [1.29, 1.82) is 0 Å². The second-order valence-electron chi connectivity index (χ2n) is 9.94. The Bertz CT molecular complexity index is 1770. The Kier molecular flexibility index (Phi) is 7.32. The summed E-state index contributed by atoms with van der Waals surface area (Å²) in [4.78, 5) is 18.4. The van der Waals surface area contributed by atoms with E-state index in [0.717, 1.165) is 26.4 Å². The van der Waals surface area contributed by atoms with Gasteiger partial charge in [0.2, 0.25) is 0 Å². The zero-order chi connectivity index (χ0) is 27.0. The van der Waals surface area contributed by atoms with Crippen molar-refractivity contribution in [1.82, 2.24) is 9.66 Å². The number of ether oxygens (including phenoxy) is 1. The molecule has 5 nitrogen and oxygen atoms in total. The van der Waals surface area contributed by atoms with E-state index in [2.05, 4.69) is 15.9 Å². The van der Waals surface area contributed by atoms with Crippen LogP contribution in [0.2, 0.25) is 10.0 Å². The summed E-state index contributed by atoms with van der Waals surface area (Å²) in [6, 6.07) is 22.8. The van der Waals surface area contributed by atoms with Gasteiger partial charge in [-0.3, -0.25) is 4.79 Å². The summed E-state index contributed by atoms with van der Waals surface area (Å²) in [5, 5.41) is 8.12. The predicted octanol–water partition coefficient (Wildman–Crippen LogP) is 8.38. The van der Waals surface area contributed by atoms with Crippen molar-refractivity contribution in [2.24, 2.45) is 5.10 Å². The van der Waals surface area contributed by atoms with Crippen molar-refractivity contribution in [3.63, 3.8) is 0 Å². The summed E-state index contributed by atoms with van der Waals surface area (Å²) in [5.41, 5.74) is 1.60. The maximum Gasteiger partial charge on any atom is 0.282 e. The molecule has 0 aliphatic carbocycles. The molecule has 1 heterocycles. The van der Waals surface area contributed by atoms with Crippen LogP contribution >= 0.6 is 39.1 Å². The van der Waals surface area contributed by atoms with Gasteiger partial charge in [-0.25, -0.2) is 4.98 Å². The fourth-order valence-corrected chi connectivity index (χ4v) is 4.86. The Balaban J connectivity index is 1.63. The molecule has 0 N–H and O–H groups in total. The van der Waals surface area contributed by atoms with E-state index in [9.17, 15) is 4.79 Å². The first-order chi connectivity index (χ1) is 18.1. The molecule has 5 aromatic rings. The van der Waals surface area contributed by atoms with E-state index in [4.69, 9.17) is 38.0 Å². The van der Waals surface area contributed by atoms with Gasteiger partial charge >= 0.3 is 0 Å². The molecule has 0 fully saturated rings. The molecular weight excluding hydrogens is 585 g/mol. The van der Waals surface area contributed by atoms with Crippen LogP contribution < -0.4 is 10.3 Å². The number of hydrogen-bond donors (Lipinski definition) is 0. The molecule has 0 saturated carbocycles. The number of hydrogen-bond acceptors (Lipinski definition) is 4. The molecule has 0 atom stereocenters. The molecule has 38 heavy (non-hydrogen) atoms. The van der Waals surface area contributed by atoms with Gasteiger partial charge in [0.1, 0.15) is 18.2 Å². The Morgan fingerprint density at radius 1 is 0.974 bits per heavy atom. The quantitative estimate of drug-likeness (QED) is 0.188. The first-order valence-electron chi connectivity index (χ1n) is 12.0. The van der Waals surface area contributed by atoms with Crippen molar-refractivity contribution >= 4 is 67.0 Å². The highest BCUT2D eigenvalue weighted by atomic mass is 79.9. The zero-order valence-electron chi connectivity index (χ0n) is 21.0. The fraction of sp³-hybridized carbons (Fsp3) is 0.167. The lowest BCUT2D eigenvalue weighted by atomic mass is 9.95. The highest BCUT2D eigenvalue weighted by Crippen LogP contribution is 2.29. The highest BCUT2D eigenvalue weighted by Gasteiger charge is 2.23. The van der Waals surface area contributed by atoms with Crippen LogP contribution in [0.5, 0.6) is 5.75 Å². The molecule has 5 rings (SSSR count). The molecule has 0 saturated heterocycles. The molecular formula is C30H24BrCl2N3O2. The van der Waals surface area contributed by atoms with Crippen LogP contribution in [0.1, 0.15) is 37.7 Å². The van der Waals surface area contributed by atoms with Crippen molar-refractivity contribution < 1.29 is 4.74 Å². The maximum atomic E-state index is 13.6. The summed E-state index contributed by atoms with van der Waals surface area (Å²) < 4.78 is 8.42. The minimum absolute atomic E-state index is 0.240. The minimum atomic E-state index is -0.427. The molecule has 0 amide bonds.